The van der Waals surface area contributed by atoms with Crippen molar-refractivity contribution in [1.29, 1.82) is 0 Å². The van der Waals surface area contributed by atoms with E-state index in [9.17, 15) is 4.79 Å². The van der Waals surface area contributed by atoms with Crippen LogP contribution in [-0.4, -0.2) is 51.3 Å². The van der Waals surface area contributed by atoms with Crippen molar-refractivity contribution in [3.8, 4) is 0 Å². The number of likely N-dealkylation sites (tertiary alicyclic amines) is 1. The smallest absolute Gasteiger partial charge is 0.322 e. The van der Waals surface area contributed by atoms with Crippen molar-refractivity contribution in [3.63, 3.8) is 0 Å². The highest BCUT2D eigenvalue weighted by molar-refractivity contribution is 7.03. The molecule has 0 atom stereocenters. The molecule has 2 aromatic rings. The second-order valence-corrected chi connectivity index (χ2v) is 6.10. The summed E-state index contributed by atoms with van der Waals surface area (Å²) in [6.45, 7) is 4.35. The molecule has 2 aliphatic rings. The minimum atomic E-state index is -0.0326. The first-order valence-electron chi connectivity index (χ1n) is 7.00. The minimum Gasteiger partial charge on any atom is -0.336 e. The molecule has 1 N–H and O–H groups in total. The molecule has 2 aromatic heterocycles. The van der Waals surface area contributed by atoms with E-state index in [-0.39, 0.29) is 6.03 Å². The molecule has 0 unspecified atom stereocenters. The van der Waals surface area contributed by atoms with E-state index in [0.717, 1.165) is 25.3 Å². The molecule has 2 aliphatic heterocycles. The standard InChI is InChI=1S/C13H16N6OS/c20-13-14-1-2-18(13)11-4-15-19(8-11)12-6-17(7-12)5-10-3-16-21-9-10/h3-4,8-9,12H,1-2,5-7H2,(H,14,20). The molecule has 0 aliphatic carbocycles. The lowest BCUT2D eigenvalue weighted by molar-refractivity contribution is 0.0910. The molecule has 4 heterocycles. The van der Waals surface area contributed by atoms with Crippen molar-refractivity contribution in [2.45, 2.75) is 12.6 Å². The summed E-state index contributed by atoms with van der Waals surface area (Å²) in [6.07, 6.45) is 5.67. The first kappa shape index (κ1) is 12.8. The van der Waals surface area contributed by atoms with Gasteiger partial charge in [-0.1, -0.05) is 0 Å². The third-order valence-corrected chi connectivity index (χ3v) is 4.59. The average Bonchev–Trinajstić information content (AvgIpc) is 3.14. The van der Waals surface area contributed by atoms with Gasteiger partial charge in [0.1, 0.15) is 0 Å². The SMILES string of the molecule is O=C1NCCN1c1cnn(C2CN(Cc3cnsc3)C2)c1. The normalized spacial score (nSPS) is 19.8. The van der Waals surface area contributed by atoms with Crippen molar-refractivity contribution in [1.82, 2.24) is 24.4 Å². The number of amides is 2. The maximum absolute atomic E-state index is 11.6. The van der Waals surface area contributed by atoms with Gasteiger partial charge >= 0.3 is 6.03 Å². The van der Waals surface area contributed by atoms with Gasteiger partial charge in [-0.05, 0) is 17.1 Å². The van der Waals surface area contributed by atoms with Crippen LogP contribution >= 0.6 is 11.5 Å². The molecule has 4 rings (SSSR count). The Bertz CT molecular complexity index is 633. The monoisotopic (exact) mass is 304 g/mol. The van der Waals surface area contributed by atoms with Crippen LogP contribution in [0, 0.1) is 0 Å². The molecule has 0 saturated carbocycles. The summed E-state index contributed by atoms with van der Waals surface area (Å²) in [5, 5.41) is 9.30. The van der Waals surface area contributed by atoms with Gasteiger partial charge in [0.25, 0.3) is 0 Å². The van der Waals surface area contributed by atoms with E-state index >= 15 is 0 Å². The zero-order valence-corrected chi connectivity index (χ0v) is 12.3. The molecule has 8 heteroatoms. The third-order valence-electron chi connectivity index (χ3n) is 3.96. The van der Waals surface area contributed by atoms with Gasteiger partial charge in [0.15, 0.2) is 0 Å². The molecule has 7 nitrogen and oxygen atoms in total. The van der Waals surface area contributed by atoms with E-state index in [4.69, 9.17) is 0 Å². The summed E-state index contributed by atoms with van der Waals surface area (Å²) < 4.78 is 6.09. The Morgan fingerprint density at radius 1 is 1.38 bits per heavy atom. The van der Waals surface area contributed by atoms with Gasteiger partial charge in [0.05, 0.1) is 17.9 Å². The summed E-state index contributed by atoms with van der Waals surface area (Å²) in [6, 6.07) is 0.366. The fourth-order valence-corrected chi connectivity index (χ4v) is 3.31. The molecule has 110 valence electrons. The zero-order chi connectivity index (χ0) is 14.2. The fraction of sp³-hybridized carbons (Fsp3) is 0.462. The van der Waals surface area contributed by atoms with Gasteiger partial charge in [0.2, 0.25) is 0 Å². The Kier molecular flexibility index (Phi) is 3.12. The van der Waals surface area contributed by atoms with Crippen molar-refractivity contribution in [2.24, 2.45) is 0 Å². The van der Waals surface area contributed by atoms with Crippen molar-refractivity contribution >= 4 is 23.3 Å². The van der Waals surface area contributed by atoms with Gasteiger partial charge in [0, 0.05) is 50.5 Å². The Hall–Kier alpha value is -1.93. The van der Waals surface area contributed by atoms with E-state index in [1.807, 2.05) is 17.1 Å². The number of hydrogen-bond donors (Lipinski definition) is 1. The maximum atomic E-state index is 11.6. The zero-order valence-electron chi connectivity index (χ0n) is 11.5. The number of anilines is 1. The second-order valence-electron chi connectivity index (χ2n) is 5.44. The average molecular weight is 304 g/mol. The minimum absolute atomic E-state index is 0.0326. The number of carbonyl (C=O) groups excluding carboxylic acids is 1. The predicted octanol–water partition coefficient (Wildman–Crippen LogP) is 0.926. The van der Waals surface area contributed by atoms with Crippen molar-refractivity contribution in [3.05, 3.63) is 29.5 Å². The van der Waals surface area contributed by atoms with Gasteiger partial charge in [-0.25, -0.2) is 9.17 Å². The lowest BCUT2D eigenvalue weighted by Gasteiger charge is -2.38. The Morgan fingerprint density at radius 3 is 3.00 bits per heavy atom. The first-order chi connectivity index (χ1) is 10.3. The van der Waals surface area contributed by atoms with Crippen molar-refractivity contribution < 1.29 is 4.79 Å². The summed E-state index contributed by atoms with van der Waals surface area (Å²) >= 11 is 1.49. The highest BCUT2D eigenvalue weighted by Crippen LogP contribution is 2.25. The van der Waals surface area contributed by atoms with Gasteiger partial charge in [-0.2, -0.15) is 5.10 Å². The highest BCUT2D eigenvalue weighted by Gasteiger charge is 2.30. The van der Waals surface area contributed by atoms with Crippen LogP contribution in [0.3, 0.4) is 0 Å². The number of urea groups is 1. The summed E-state index contributed by atoms with van der Waals surface area (Å²) in [7, 11) is 0. The molecule has 2 saturated heterocycles. The van der Waals surface area contributed by atoms with Crippen LogP contribution in [0.25, 0.3) is 0 Å². The largest absolute Gasteiger partial charge is 0.336 e. The number of hydrogen-bond acceptors (Lipinski definition) is 5. The Balaban J connectivity index is 1.36. The van der Waals surface area contributed by atoms with E-state index in [1.165, 1.54) is 17.1 Å². The molecule has 0 spiro atoms. The molecule has 0 bridgehead atoms. The summed E-state index contributed by atoms with van der Waals surface area (Å²) in [5.41, 5.74) is 2.15. The topological polar surface area (TPSA) is 66.3 Å². The lowest BCUT2D eigenvalue weighted by atomic mass is 10.1. The van der Waals surface area contributed by atoms with Crippen LogP contribution < -0.4 is 10.2 Å². The van der Waals surface area contributed by atoms with Crippen LogP contribution in [0.4, 0.5) is 10.5 Å². The van der Waals surface area contributed by atoms with E-state index in [1.54, 1.807) is 11.1 Å². The number of aromatic nitrogens is 3. The quantitative estimate of drug-likeness (QED) is 0.912. The van der Waals surface area contributed by atoms with E-state index in [0.29, 0.717) is 19.1 Å². The molecular weight excluding hydrogens is 288 g/mol. The Morgan fingerprint density at radius 2 is 2.29 bits per heavy atom. The first-order valence-corrected chi connectivity index (χ1v) is 7.83. The number of carbonyl (C=O) groups is 1. The van der Waals surface area contributed by atoms with Crippen LogP contribution in [-0.2, 0) is 6.54 Å². The molecular formula is C13H16N6OS. The van der Waals surface area contributed by atoms with Crippen LogP contribution in [0.15, 0.2) is 24.0 Å². The molecule has 0 aromatic carbocycles. The van der Waals surface area contributed by atoms with Gasteiger partial charge in [-0.3, -0.25) is 14.5 Å². The predicted molar refractivity (Wildman–Crippen MR) is 79.4 cm³/mol. The molecule has 2 amide bonds. The number of nitrogens with zero attached hydrogens (tertiary/aromatic N) is 5. The molecule has 2 fully saturated rings. The lowest BCUT2D eigenvalue weighted by Crippen LogP contribution is -2.47. The molecule has 0 radical (unpaired) electrons. The van der Waals surface area contributed by atoms with Crippen LogP contribution in [0.2, 0.25) is 0 Å². The highest BCUT2D eigenvalue weighted by atomic mass is 32.1. The summed E-state index contributed by atoms with van der Waals surface area (Å²) in [4.78, 5) is 15.7. The third kappa shape index (κ3) is 2.40. The van der Waals surface area contributed by atoms with Crippen LogP contribution in [0.5, 0.6) is 0 Å². The van der Waals surface area contributed by atoms with Gasteiger partial charge in [-0.15, -0.1) is 0 Å². The maximum Gasteiger partial charge on any atom is 0.322 e. The van der Waals surface area contributed by atoms with Crippen LogP contribution in [0.1, 0.15) is 11.6 Å². The number of rotatable bonds is 4. The second kappa shape index (κ2) is 5.12. The molecule has 21 heavy (non-hydrogen) atoms. The van der Waals surface area contributed by atoms with E-state index in [2.05, 4.69) is 25.1 Å². The van der Waals surface area contributed by atoms with Gasteiger partial charge < -0.3 is 5.32 Å². The van der Waals surface area contributed by atoms with E-state index < -0.39 is 0 Å². The Labute approximate surface area is 126 Å². The fourth-order valence-electron chi connectivity index (χ4n) is 2.79. The summed E-state index contributed by atoms with van der Waals surface area (Å²) in [5.74, 6) is 0. The van der Waals surface area contributed by atoms with Crippen molar-refractivity contribution in [2.75, 3.05) is 31.1 Å². The number of nitrogens with one attached hydrogen (secondary N) is 1.